The minimum atomic E-state index is -0.768. The summed E-state index contributed by atoms with van der Waals surface area (Å²) in [5.41, 5.74) is 7.71. The Hall–Kier alpha value is -2.38. The molecule has 1 atom stereocenters. The zero-order valence-corrected chi connectivity index (χ0v) is 17.0. The molecule has 5 nitrogen and oxygen atoms in total. The van der Waals surface area contributed by atoms with E-state index in [1.807, 2.05) is 13.8 Å². The van der Waals surface area contributed by atoms with Crippen LogP contribution in [0.25, 0.3) is 0 Å². The number of carbonyl (C=O) groups excluding carboxylic acids is 1. The molecule has 0 aliphatic heterocycles. The highest BCUT2D eigenvalue weighted by molar-refractivity contribution is 7.80. The lowest BCUT2D eigenvalue weighted by molar-refractivity contribution is -0.127. The van der Waals surface area contributed by atoms with Crippen LogP contribution < -0.4 is 20.9 Å². The standard InChI is InChI=1S/C19H21ClFN3O2S/c1-10-5-6-15(9-16(10)21)22-19(27)24-23-18(25)13(4)26-17-11(2)7-14(20)8-12(17)3/h5-9,13H,1-4H3,(H,23,25)(H2,22,24,27)/t13-/m1/s1. The minimum absolute atomic E-state index is 0.123. The van der Waals surface area contributed by atoms with Gasteiger partial charge in [-0.2, -0.15) is 0 Å². The third kappa shape index (κ3) is 5.80. The summed E-state index contributed by atoms with van der Waals surface area (Å²) in [7, 11) is 0. The number of anilines is 1. The molecule has 1 amide bonds. The molecule has 0 aliphatic rings. The van der Waals surface area contributed by atoms with Gasteiger partial charge in [0.15, 0.2) is 11.2 Å². The molecule has 2 rings (SSSR count). The smallest absolute Gasteiger partial charge is 0.279 e. The second-order valence-electron chi connectivity index (χ2n) is 6.16. The Bertz CT molecular complexity index is 853. The van der Waals surface area contributed by atoms with E-state index in [9.17, 15) is 9.18 Å². The molecule has 2 aromatic carbocycles. The van der Waals surface area contributed by atoms with Crippen LogP contribution in [0.3, 0.4) is 0 Å². The average Bonchev–Trinajstić information content (AvgIpc) is 2.59. The van der Waals surface area contributed by atoms with Gasteiger partial charge in [-0.1, -0.05) is 17.7 Å². The van der Waals surface area contributed by atoms with Crippen molar-refractivity contribution in [1.29, 1.82) is 0 Å². The molecular weight excluding hydrogens is 389 g/mol. The fraction of sp³-hybridized carbons (Fsp3) is 0.263. The zero-order chi connectivity index (χ0) is 20.1. The number of hydrazine groups is 1. The van der Waals surface area contributed by atoms with Crippen molar-refractivity contribution in [2.75, 3.05) is 5.32 Å². The Morgan fingerprint density at radius 2 is 1.74 bits per heavy atom. The summed E-state index contributed by atoms with van der Waals surface area (Å²) in [5.74, 6) is -0.150. The molecule has 0 heterocycles. The quantitative estimate of drug-likeness (QED) is 0.522. The van der Waals surface area contributed by atoms with Gasteiger partial charge >= 0.3 is 0 Å². The second kappa shape index (κ2) is 9.01. The number of aryl methyl sites for hydroxylation is 3. The largest absolute Gasteiger partial charge is 0.480 e. The predicted octanol–water partition coefficient (Wildman–Crippen LogP) is 4.19. The molecule has 0 spiro atoms. The molecule has 3 N–H and O–H groups in total. The fourth-order valence-electron chi connectivity index (χ4n) is 2.37. The second-order valence-corrected chi connectivity index (χ2v) is 7.01. The molecule has 0 aromatic heterocycles. The van der Waals surface area contributed by atoms with Crippen molar-refractivity contribution in [2.24, 2.45) is 0 Å². The topological polar surface area (TPSA) is 62.4 Å². The number of nitrogens with one attached hydrogen (secondary N) is 3. The predicted molar refractivity (Wildman–Crippen MR) is 110 cm³/mol. The van der Waals surface area contributed by atoms with Crippen LogP contribution in [0, 0.1) is 26.6 Å². The lowest BCUT2D eigenvalue weighted by Gasteiger charge is -2.19. The Kier molecular flexibility index (Phi) is 6.98. The van der Waals surface area contributed by atoms with E-state index in [1.165, 1.54) is 6.07 Å². The van der Waals surface area contributed by atoms with E-state index < -0.39 is 12.0 Å². The van der Waals surface area contributed by atoms with E-state index in [-0.39, 0.29) is 10.9 Å². The lowest BCUT2D eigenvalue weighted by atomic mass is 10.1. The van der Waals surface area contributed by atoms with E-state index in [2.05, 4.69) is 16.2 Å². The maximum atomic E-state index is 13.5. The number of carbonyl (C=O) groups is 1. The maximum absolute atomic E-state index is 13.5. The minimum Gasteiger partial charge on any atom is -0.480 e. The van der Waals surface area contributed by atoms with Gasteiger partial charge in [0, 0.05) is 10.7 Å². The number of benzene rings is 2. The van der Waals surface area contributed by atoms with Gasteiger partial charge in [-0.05, 0) is 80.9 Å². The lowest BCUT2D eigenvalue weighted by Crippen LogP contribution is -2.48. The molecule has 27 heavy (non-hydrogen) atoms. The van der Waals surface area contributed by atoms with Crippen molar-refractivity contribution >= 4 is 40.5 Å². The highest BCUT2D eigenvalue weighted by atomic mass is 35.5. The Morgan fingerprint density at radius 3 is 2.33 bits per heavy atom. The number of hydrogen-bond donors (Lipinski definition) is 3. The van der Waals surface area contributed by atoms with Gasteiger partial charge in [-0.3, -0.25) is 15.6 Å². The third-order valence-corrected chi connectivity index (χ3v) is 4.24. The summed E-state index contributed by atoms with van der Waals surface area (Å²) in [4.78, 5) is 12.2. The summed E-state index contributed by atoms with van der Waals surface area (Å²) in [6.45, 7) is 7.01. The summed E-state index contributed by atoms with van der Waals surface area (Å²) in [6.07, 6.45) is -0.768. The number of halogens is 2. The molecule has 0 radical (unpaired) electrons. The van der Waals surface area contributed by atoms with E-state index >= 15 is 0 Å². The van der Waals surface area contributed by atoms with Crippen LogP contribution in [0.15, 0.2) is 30.3 Å². The van der Waals surface area contributed by atoms with Crippen LogP contribution in [0.4, 0.5) is 10.1 Å². The van der Waals surface area contributed by atoms with Gasteiger partial charge in [0.05, 0.1) is 0 Å². The van der Waals surface area contributed by atoms with Crippen molar-refractivity contribution in [3.63, 3.8) is 0 Å². The molecule has 0 saturated heterocycles. The first-order chi connectivity index (χ1) is 12.7. The highest BCUT2D eigenvalue weighted by Gasteiger charge is 2.17. The number of ether oxygens (including phenoxy) is 1. The van der Waals surface area contributed by atoms with Crippen molar-refractivity contribution in [1.82, 2.24) is 10.9 Å². The van der Waals surface area contributed by atoms with Crippen molar-refractivity contribution in [2.45, 2.75) is 33.8 Å². The Labute approximate surface area is 168 Å². The summed E-state index contributed by atoms with van der Waals surface area (Å²) in [6, 6.07) is 8.18. The van der Waals surface area contributed by atoms with E-state index in [1.54, 1.807) is 38.1 Å². The monoisotopic (exact) mass is 409 g/mol. The molecule has 0 bridgehead atoms. The molecule has 8 heteroatoms. The number of rotatable bonds is 4. The first kappa shape index (κ1) is 20.9. The van der Waals surface area contributed by atoms with E-state index in [0.717, 1.165) is 11.1 Å². The van der Waals surface area contributed by atoms with Gasteiger partial charge in [0.25, 0.3) is 5.91 Å². The van der Waals surface area contributed by atoms with Crippen LogP contribution in [-0.2, 0) is 4.79 Å². The number of hydrogen-bond acceptors (Lipinski definition) is 3. The Morgan fingerprint density at radius 1 is 1.11 bits per heavy atom. The van der Waals surface area contributed by atoms with Crippen molar-refractivity contribution in [3.05, 3.63) is 57.9 Å². The third-order valence-electron chi connectivity index (χ3n) is 3.82. The van der Waals surface area contributed by atoms with Crippen LogP contribution in [-0.4, -0.2) is 17.1 Å². The number of thiocarbonyl (C=S) groups is 1. The zero-order valence-electron chi connectivity index (χ0n) is 15.4. The first-order valence-electron chi connectivity index (χ1n) is 8.23. The molecule has 0 saturated carbocycles. The average molecular weight is 410 g/mol. The van der Waals surface area contributed by atoms with E-state index in [4.69, 9.17) is 28.6 Å². The molecule has 0 fully saturated rings. The van der Waals surface area contributed by atoms with Gasteiger partial charge in [0.2, 0.25) is 0 Å². The SMILES string of the molecule is Cc1ccc(NC(=S)NNC(=O)[C@@H](C)Oc2c(C)cc(Cl)cc2C)cc1F. The van der Waals surface area contributed by atoms with Gasteiger partial charge < -0.3 is 10.1 Å². The van der Waals surface area contributed by atoms with Crippen molar-refractivity contribution in [3.8, 4) is 5.75 Å². The van der Waals surface area contributed by atoms with Gasteiger partial charge in [-0.25, -0.2) is 4.39 Å². The van der Waals surface area contributed by atoms with Crippen LogP contribution in [0.2, 0.25) is 5.02 Å². The molecule has 2 aromatic rings. The van der Waals surface area contributed by atoms with Gasteiger partial charge in [0.1, 0.15) is 11.6 Å². The first-order valence-corrected chi connectivity index (χ1v) is 9.02. The molecule has 0 aliphatic carbocycles. The van der Waals surface area contributed by atoms with Crippen molar-refractivity contribution < 1.29 is 13.9 Å². The molecule has 144 valence electrons. The fourth-order valence-corrected chi connectivity index (χ4v) is 2.86. The van der Waals surface area contributed by atoms with E-state index in [0.29, 0.717) is 22.0 Å². The summed E-state index contributed by atoms with van der Waals surface area (Å²) < 4.78 is 19.3. The summed E-state index contributed by atoms with van der Waals surface area (Å²) in [5, 5.41) is 3.52. The van der Waals surface area contributed by atoms with Crippen LogP contribution >= 0.6 is 23.8 Å². The van der Waals surface area contributed by atoms with Gasteiger partial charge in [-0.15, -0.1) is 0 Å². The van der Waals surface area contributed by atoms with Crippen LogP contribution in [0.1, 0.15) is 23.6 Å². The number of amides is 1. The Balaban J connectivity index is 1.89. The normalized spacial score (nSPS) is 11.5. The maximum Gasteiger partial charge on any atom is 0.279 e. The summed E-state index contributed by atoms with van der Waals surface area (Å²) >= 11 is 11.1. The molecular formula is C19H21ClFN3O2S. The molecule has 0 unspecified atom stereocenters. The van der Waals surface area contributed by atoms with Crippen LogP contribution in [0.5, 0.6) is 5.75 Å². The highest BCUT2D eigenvalue weighted by Crippen LogP contribution is 2.27.